The van der Waals surface area contributed by atoms with Crippen molar-refractivity contribution in [2.75, 3.05) is 18.9 Å². The van der Waals surface area contributed by atoms with Gasteiger partial charge in [-0.2, -0.15) is 0 Å². The molecule has 0 radical (unpaired) electrons. The molecule has 0 saturated heterocycles. The lowest BCUT2D eigenvalue weighted by atomic mass is 9.96. The smallest absolute Gasteiger partial charge is 0.338 e. The van der Waals surface area contributed by atoms with E-state index in [0.717, 1.165) is 0 Å². The number of nitrogens with one attached hydrogen (secondary N) is 1. The fraction of sp³-hybridized carbons (Fsp3) is 0.500. The van der Waals surface area contributed by atoms with Crippen molar-refractivity contribution in [3.05, 3.63) is 17.0 Å². The van der Waals surface area contributed by atoms with Crippen LogP contribution < -0.4 is 5.32 Å². The third-order valence-electron chi connectivity index (χ3n) is 2.17. The van der Waals surface area contributed by atoms with Crippen LogP contribution in [0, 0.1) is 5.41 Å². The molecule has 0 aliphatic heterocycles. The summed E-state index contributed by atoms with van der Waals surface area (Å²) in [6.07, 6.45) is 0. The molecular formula is C12H18N2O3S. The molecule has 0 fully saturated rings. The van der Waals surface area contributed by atoms with Gasteiger partial charge in [-0.25, -0.2) is 9.59 Å². The van der Waals surface area contributed by atoms with E-state index in [0.29, 0.717) is 11.5 Å². The van der Waals surface area contributed by atoms with Gasteiger partial charge in [-0.15, -0.1) is 11.3 Å². The largest absolute Gasteiger partial charge is 0.478 e. The zero-order chi connectivity index (χ0) is 13.9. The summed E-state index contributed by atoms with van der Waals surface area (Å²) < 4.78 is 0. The summed E-state index contributed by atoms with van der Waals surface area (Å²) >= 11 is 1.20. The fourth-order valence-electron chi connectivity index (χ4n) is 1.55. The quantitative estimate of drug-likeness (QED) is 0.887. The fourth-order valence-corrected chi connectivity index (χ4v) is 2.32. The highest BCUT2D eigenvalue weighted by Gasteiger charge is 2.20. The third-order valence-corrected chi connectivity index (χ3v) is 3.00. The number of rotatable bonds is 3. The Kier molecular flexibility index (Phi) is 4.34. The Balaban J connectivity index is 2.70. The minimum absolute atomic E-state index is 0.00281. The first kappa shape index (κ1) is 14.5. The van der Waals surface area contributed by atoms with E-state index < -0.39 is 5.97 Å². The van der Waals surface area contributed by atoms with Gasteiger partial charge in [0.15, 0.2) is 0 Å². The van der Waals surface area contributed by atoms with Crippen molar-refractivity contribution < 1.29 is 14.7 Å². The summed E-state index contributed by atoms with van der Waals surface area (Å²) in [5, 5.41) is 13.6. The highest BCUT2D eigenvalue weighted by atomic mass is 32.1. The van der Waals surface area contributed by atoms with E-state index in [2.05, 4.69) is 5.32 Å². The standard InChI is InChI=1S/C12H18N2O3S/c1-12(2,3)7-14(4)11(17)13-9-8(10(15)16)5-6-18-9/h5-6H,7H2,1-4H3,(H,13,17)(H,15,16). The average Bonchev–Trinajstić information content (AvgIpc) is 2.62. The van der Waals surface area contributed by atoms with E-state index in [1.807, 2.05) is 20.8 Å². The molecule has 0 aliphatic carbocycles. The van der Waals surface area contributed by atoms with Crippen LogP contribution in [0.5, 0.6) is 0 Å². The molecule has 0 saturated carbocycles. The molecule has 0 aromatic carbocycles. The lowest BCUT2D eigenvalue weighted by Gasteiger charge is -2.26. The van der Waals surface area contributed by atoms with Gasteiger partial charge >= 0.3 is 12.0 Å². The number of carbonyl (C=O) groups excluding carboxylic acids is 1. The van der Waals surface area contributed by atoms with Gasteiger partial charge in [0.2, 0.25) is 0 Å². The number of thiophene rings is 1. The summed E-state index contributed by atoms with van der Waals surface area (Å²) in [5.74, 6) is -1.04. The number of amides is 2. The van der Waals surface area contributed by atoms with Crippen molar-refractivity contribution in [3.8, 4) is 0 Å². The molecule has 0 atom stereocenters. The Morgan fingerprint density at radius 3 is 2.56 bits per heavy atom. The van der Waals surface area contributed by atoms with Crippen molar-refractivity contribution in [2.45, 2.75) is 20.8 Å². The lowest BCUT2D eigenvalue weighted by molar-refractivity contribution is 0.0698. The van der Waals surface area contributed by atoms with Crippen LogP contribution in [0.15, 0.2) is 11.4 Å². The second-order valence-corrected chi connectivity index (χ2v) is 6.23. The lowest BCUT2D eigenvalue weighted by Crippen LogP contribution is -2.37. The number of carbonyl (C=O) groups is 2. The molecule has 2 amide bonds. The molecule has 1 heterocycles. The number of urea groups is 1. The van der Waals surface area contributed by atoms with E-state index in [9.17, 15) is 9.59 Å². The van der Waals surface area contributed by atoms with E-state index in [4.69, 9.17) is 5.11 Å². The number of hydrogen-bond acceptors (Lipinski definition) is 3. The molecule has 0 aliphatic rings. The maximum Gasteiger partial charge on any atom is 0.338 e. The summed E-state index contributed by atoms with van der Waals surface area (Å²) in [5.41, 5.74) is 0.120. The second kappa shape index (κ2) is 5.39. The molecule has 5 nitrogen and oxygen atoms in total. The van der Waals surface area contributed by atoms with Gasteiger partial charge in [-0.3, -0.25) is 5.32 Å². The van der Waals surface area contributed by atoms with Gasteiger partial charge in [-0.1, -0.05) is 20.8 Å². The Bertz CT molecular complexity index is 448. The summed E-state index contributed by atoms with van der Waals surface area (Å²) in [6, 6.07) is 1.18. The summed E-state index contributed by atoms with van der Waals surface area (Å²) in [6.45, 7) is 6.69. The molecule has 6 heteroatoms. The monoisotopic (exact) mass is 270 g/mol. The van der Waals surface area contributed by atoms with Gasteiger partial charge < -0.3 is 10.0 Å². The molecule has 0 spiro atoms. The molecule has 0 unspecified atom stereocenters. The van der Waals surface area contributed by atoms with Gasteiger partial charge in [0.25, 0.3) is 0 Å². The Labute approximate surface area is 110 Å². The van der Waals surface area contributed by atoms with Crippen molar-refractivity contribution in [2.24, 2.45) is 5.41 Å². The number of nitrogens with zero attached hydrogens (tertiary/aromatic N) is 1. The summed E-state index contributed by atoms with van der Waals surface area (Å²) in [4.78, 5) is 24.3. The minimum atomic E-state index is -1.04. The topological polar surface area (TPSA) is 69.6 Å². The number of carboxylic acids is 1. The van der Waals surface area contributed by atoms with Crippen molar-refractivity contribution in [1.82, 2.24) is 4.90 Å². The molecule has 100 valence electrons. The van der Waals surface area contributed by atoms with Gasteiger partial charge in [-0.05, 0) is 16.9 Å². The highest BCUT2D eigenvalue weighted by molar-refractivity contribution is 7.14. The van der Waals surface area contributed by atoms with E-state index >= 15 is 0 Å². The SMILES string of the molecule is CN(CC(C)(C)C)C(=O)Nc1sccc1C(=O)O. The van der Waals surface area contributed by atoms with Crippen LogP contribution in [0.2, 0.25) is 0 Å². The van der Waals surface area contributed by atoms with Crippen LogP contribution in [0.4, 0.5) is 9.80 Å². The van der Waals surface area contributed by atoms with Crippen LogP contribution in [0.3, 0.4) is 0 Å². The maximum atomic E-state index is 11.9. The van der Waals surface area contributed by atoms with Crippen molar-refractivity contribution >= 4 is 28.3 Å². The minimum Gasteiger partial charge on any atom is -0.478 e. The third kappa shape index (κ3) is 4.03. The van der Waals surface area contributed by atoms with Crippen molar-refractivity contribution in [3.63, 3.8) is 0 Å². The van der Waals surface area contributed by atoms with Gasteiger partial charge in [0.05, 0.1) is 5.56 Å². The Morgan fingerprint density at radius 1 is 1.44 bits per heavy atom. The Hall–Kier alpha value is -1.56. The number of hydrogen-bond donors (Lipinski definition) is 2. The van der Waals surface area contributed by atoms with Gasteiger partial charge in [0.1, 0.15) is 5.00 Å². The number of carboxylic acid groups (broad SMARTS) is 1. The average molecular weight is 270 g/mol. The first-order valence-corrected chi connectivity index (χ1v) is 6.41. The molecule has 1 aromatic heterocycles. The molecule has 0 bridgehead atoms. The van der Waals surface area contributed by atoms with Gasteiger partial charge in [0, 0.05) is 13.6 Å². The van der Waals surface area contributed by atoms with E-state index in [-0.39, 0.29) is 17.0 Å². The zero-order valence-electron chi connectivity index (χ0n) is 11.0. The molecule has 18 heavy (non-hydrogen) atoms. The van der Waals surface area contributed by atoms with Crippen LogP contribution in [0.1, 0.15) is 31.1 Å². The number of aromatic carboxylic acids is 1. The van der Waals surface area contributed by atoms with Crippen LogP contribution >= 0.6 is 11.3 Å². The van der Waals surface area contributed by atoms with E-state index in [1.54, 1.807) is 17.3 Å². The molecular weight excluding hydrogens is 252 g/mol. The Morgan fingerprint density at radius 2 is 2.06 bits per heavy atom. The van der Waals surface area contributed by atoms with Crippen LogP contribution in [-0.4, -0.2) is 35.6 Å². The van der Waals surface area contributed by atoms with Crippen molar-refractivity contribution in [1.29, 1.82) is 0 Å². The van der Waals surface area contributed by atoms with E-state index in [1.165, 1.54) is 17.4 Å². The number of anilines is 1. The zero-order valence-corrected chi connectivity index (χ0v) is 11.8. The molecule has 1 rings (SSSR count). The molecule has 2 N–H and O–H groups in total. The first-order valence-electron chi connectivity index (χ1n) is 5.53. The highest BCUT2D eigenvalue weighted by Crippen LogP contribution is 2.24. The van der Waals surface area contributed by atoms with Crippen LogP contribution in [-0.2, 0) is 0 Å². The predicted octanol–water partition coefficient (Wildman–Crippen LogP) is 2.96. The van der Waals surface area contributed by atoms with Crippen LogP contribution in [0.25, 0.3) is 0 Å². The normalized spacial score (nSPS) is 11.1. The first-order chi connectivity index (χ1) is 8.20. The molecule has 1 aromatic rings. The second-order valence-electron chi connectivity index (χ2n) is 5.32. The summed E-state index contributed by atoms with van der Waals surface area (Å²) in [7, 11) is 1.69. The maximum absolute atomic E-state index is 11.9. The predicted molar refractivity (Wildman–Crippen MR) is 72.4 cm³/mol.